The van der Waals surface area contributed by atoms with E-state index in [1.54, 1.807) is 15.9 Å². The van der Waals surface area contributed by atoms with Gasteiger partial charge in [0.1, 0.15) is 19.2 Å². The SMILES string of the molecule is O=C1CN(C(=O)CN2CCCC2Cn2cncn2)c2ccccc2N1. The van der Waals surface area contributed by atoms with E-state index in [9.17, 15) is 9.59 Å². The highest BCUT2D eigenvalue weighted by Gasteiger charge is 2.31. The Balaban J connectivity index is 1.47. The second-order valence-corrected chi connectivity index (χ2v) is 6.43. The molecule has 0 aliphatic carbocycles. The Bertz CT molecular complexity index is 775. The number of hydrogen-bond donors (Lipinski definition) is 1. The number of anilines is 2. The molecule has 1 aromatic heterocycles. The third kappa shape index (κ3) is 3.25. The lowest BCUT2D eigenvalue weighted by Gasteiger charge is -2.31. The Kier molecular flexibility index (Phi) is 4.19. The summed E-state index contributed by atoms with van der Waals surface area (Å²) in [6, 6.07) is 7.67. The standard InChI is InChI=1S/C17H20N6O2/c24-16-9-23(15-6-2-1-5-14(15)20-16)17(25)10-21-7-3-4-13(21)8-22-12-18-11-19-22/h1-2,5-6,11-13H,3-4,7-10H2,(H,20,24). The number of carbonyl (C=O) groups excluding carboxylic acids is 2. The first-order valence-electron chi connectivity index (χ1n) is 8.46. The molecule has 1 saturated heterocycles. The minimum atomic E-state index is -0.160. The van der Waals surface area contributed by atoms with Gasteiger partial charge in [-0.25, -0.2) is 4.98 Å². The molecule has 3 heterocycles. The van der Waals surface area contributed by atoms with Gasteiger partial charge in [-0.05, 0) is 31.5 Å². The lowest BCUT2D eigenvalue weighted by Crippen LogP contribution is -2.48. The molecule has 1 unspecified atom stereocenters. The number of rotatable bonds is 4. The second-order valence-electron chi connectivity index (χ2n) is 6.43. The Morgan fingerprint density at radius 2 is 2.20 bits per heavy atom. The summed E-state index contributed by atoms with van der Waals surface area (Å²) in [6.45, 7) is 1.98. The van der Waals surface area contributed by atoms with Crippen LogP contribution in [0.15, 0.2) is 36.9 Å². The molecule has 1 aromatic carbocycles. The molecular weight excluding hydrogens is 320 g/mol. The van der Waals surface area contributed by atoms with Gasteiger partial charge in [0.2, 0.25) is 11.8 Å². The molecule has 0 saturated carbocycles. The molecule has 1 N–H and O–H groups in total. The van der Waals surface area contributed by atoms with E-state index in [-0.39, 0.29) is 24.4 Å². The second kappa shape index (κ2) is 6.64. The number of benzene rings is 1. The highest BCUT2D eigenvalue weighted by Crippen LogP contribution is 2.29. The van der Waals surface area contributed by atoms with Crippen LogP contribution in [0.1, 0.15) is 12.8 Å². The van der Waals surface area contributed by atoms with E-state index in [1.165, 1.54) is 6.33 Å². The van der Waals surface area contributed by atoms with E-state index >= 15 is 0 Å². The zero-order valence-electron chi connectivity index (χ0n) is 13.8. The quantitative estimate of drug-likeness (QED) is 0.887. The van der Waals surface area contributed by atoms with Crippen molar-refractivity contribution in [3.05, 3.63) is 36.9 Å². The first-order valence-corrected chi connectivity index (χ1v) is 8.46. The van der Waals surface area contributed by atoms with Crippen molar-refractivity contribution in [2.24, 2.45) is 0 Å². The van der Waals surface area contributed by atoms with Gasteiger partial charge < -0.3 is 5.32 Å². The van der Waals surface area contributed by atoms with Crippen molar-refractivity contribution < 1.29 is 9.59 Å². The van der Waals surface area contributed by atoms with E-state index in [0.717, 1.165) is 31.6 Å². The average Bonchev–Trinajstić information content (AvgIpc) is 3.27. The molecule has 2 aliphatic rings. The molecule has 0 bridgehead atoms. The normalized spacial score (nSPS) is 20.4. The van der Waals surface area contributed by atoms with Gasteiger partial charge in [-0.2, -0.15) is 5.10 Å². The predicted octanol–water partition coefficient (Wildman–Crippen LogP) is 0.728. The molecule has 130 valence electrons. The van der Waals surface area contributed by atoms with Crippen LogP contribution in [0.2, 0.25) is 0 Å². The van der Waals surface area contributed by atoms with Crippen LogP contribution in [0, 0.1) is 0 Å². The highest BCUT2D eigenvalue weighted by molar-refractivity contribution is 6.10. The number of hydrogen-bond acceptors (Lipinski definition) is 5. The fourth-order valence-corrected chi connectivity index (χ4v) is 3.57. The largest absolute Gasteiger partial charge is 0.323 e. The van der Waals surface area contributed by atoms with E-state index in [4.69, 9.17) is 0 Å². The minimum Gasteiger partial charge on any atom is -0.323 e. The third-order valence-corrected chi connectivity index (χ3v) is 4.77. The Labute approximate surface area is 145 Å². The first-order chi connectivity index (χ1) is 12.2. The van der Waals surface area contributed by atoms with Gasteiger partial charge in [0.25, 0.3) is 0 Å². The molecule has 8 nitrogen and oxygen atoms in total. The van der Waals surface area contributed by atoms with Crippen molar-refractivity contribution in [1.29, 1.82) is 0 Å². The lowest BCUT2D eigenvalue weighted by atomic mass is 10.2. The molecule has 0 radical (unpaired) electrons. The maximum atomic E-state index is 12.9. The van der Waals surface area contributed by atoms with E-state index in [1.807, 2.05) is 24.3 Å². The molecule has 8 heteroatoms. The molecule has 2 aliphatic heterocycles. The van der Waals surface area contributed by atoms with Gasteiger partial charge in [0.05, 0.1) is 24.5 Å². The van der Waals surface area contributed by atoms with Crippen LogP contribution in [-0.4, -0.2) is 57.2 Å². The van der Waals surface area contributed by atoms with Crippen LogP contribution < -0.4 is 10.2 Å². The van der Waals surface area contributed by atoms with Crippen LogP contribution in [0.25, 0.3) is 0 Å². The molecule has 1 atom stereocenters. The molecule has 2 amide bonds. The maximum absolute atomic E-state index is 12.9. The fraction of sp³-hybridized carbons (Fsp3) is 0.412. The third-order valence-electron chi connectivity index (χ3n) is 4.77. The zero-order chi connectivity index (χ0) is 17.2. The van der Waals surface area contributed by atoms with Crippen molar-refractivity contribution in [2.75, 3.05) is 29.9 Å². The predicted molar refractivity (Wildman–Crippen MR) is 92.0 cm³/mol. The first kappa shape index (κ1) is 15.8. The molecular formula is C17H20N6O2. The van der Waals surface area contributed by atoms with Crippen LogP contribution in [0.4, 0.5) is 11.4 Å². The van der Waals surface area contributed by atoms with Crippen LogP contribution in [0.3, 0.4) is 0 Å². The Morgan fingerprint density at radius 1 is 1.32 bits per heavy atom. The molecule has 25 heavy (non-hydrogen) atoms. The van der Waals surface area contributed by atoms with Crippen molar-refractivity contribution in [3.63, 3.8) is 0 Å². The fourth-order valence-electron chi connectivity index (χ4n) is 3.57. The van der Waals surface area contributed by atoms with Gasteiger partial charge >= 0.3 is 0 Å². The summed E-state index contributed by atoms with van der Waals surface area (Å²) in [6.07, 6.45) is 5.31. The van der Waals surface area contributed by atoms with Crippen LogP contribution >= 0.6 is 0 Å². The number of carbonyl (C=O) groups is 2. The van der Waals surface area contributed by atoms with Crippen molar-refractivity contribution in [1.82, 2.24) is 19.7 Å². The topological polar surface area (TPSA) is 83.4 Å². The Morgan fingerprint density at radius 3 is 3.04 bits per heavy atom. The highest BCUT2D eigenvalue weighted by atomic mass is 16.2. The van der Waals surface area contributed by atoms with Gasteiger partial charge in [-0.3, -0.25) is 24.1 Å². The van der Waals surface area contributed by atoms with Gasteiger partial charge in [-0.15, -0.1) is 0 Å². The summed E-state index contributed by atoms with van der Waals surface area (Å²) in [5, 5.41) is 6.97. The summed E-state index contributed by atoms with van der Waals surface area (Å²) in [4.78, 5) is 32.5. The number of likely N-dealkylation sites (tertiary alicyclic amines) is 1. The van der Waals surface area contributed by atoms with E-state index in [0.29, 0.717) is 12.2 Å². The number of nitrogens with zero attached hydrogens (tertiary/aromatic N) is 5. The lowest BCUT2D eigenvalue weighted by molar-refractivity contribution is -0.122. The Hall–Kier alpha value is -2.74. The van der Waals surface area contributed by atoms with Gasteiger partial charge in [0.15, 0.2) is 0 Å². The molecule has 1 fully saturated rings. The minimum absolute atomic E-state index is 0.0483. The van der Waals surface area contributed by atoms with Crippen molar-refractivity contribution in [3.8, 4) is 0 Å². The summed E-state index contributed by atoms with van der Waals surface area (Å²) in [5.41, 5.74) is 1.45. The van der Waals surface area contributed by atoms with E-state index < -0.39 is 0 Å². The number of para-hydroxylation sites is 2. The van der Waals surface area contributed by atoms with Gasteiger partial charge in [-0.1, -0.05) is 12.1 Å². The summed E-state index contributed by atoms with van der Waals surface area (Å²) >= 11 is 0. The zero-order valence-corrected chi connectivity index (χ0v) is 13.8. The maximum Gasteiger partial charge on any atom is 0.244 e. The van der Waals surface area contributed by atoms with Crippen molar-refractivity contribution in [2.45, 2.75) is 25.4 Å². The summed E-state index contributed by atoms with van der Waals surface area (Å²) < 4.78 is 1.80. The van der Waals surface area contributed by atoms with E-state index in [2.05, 4.69) is 20.3 Å². The molecule has 2 aromatic rings. The molecule has 0 spiro atoms. The number of amides is 2. The van der Waals surface area contributed by atoms with Crippen molar-refractivity contribution >= 4 is 23.2 Å². The number of aromatic nitrogens is 3. The van der Waals surface area contributed by atoms with Gasteiger partial charge in [0, 0.05) is 6.04 Å². The smallest absolute Gasteiger partial charge is 0.244 e. The molecule has 4 rings (SSSR count). The summed E-state index contributed by atoms with van der Waals surface area (Å²) in [5.74, 6) is -0.208. The summed E-state index contributed by atoms with van der Waals surface area (Å²) in [7, 11) is 0. The number of fused-ring (bicyclic) bond motifs is 1. The average molecular weight is 340 g/mol. The monoisotopic (exact) mass is 340 g/mol. The number of nitrogens with one attached hydrogen (secondary N) is 1. The van der Waals surface area contributed by atoms with Crippen LogP contribution in [-0.2, 0) is 16.1 Å². The van der Waals surface area contributed by atoms with Crippen LogP contribution in [0.5, 0.6) is 0 Å².